The van der Waals surface area contributed by atoms with Crippen LogP contribution in [0.25, 0.3) is 10.9 Å². The number of aryl methyl sites for hydroxylation is 2. The third-order valence-electron chi connectivity index (χ3n) is 3.45. The fraction of sp³-hybridized carbons (Fsp3) is 0.308. The summed E-state index contributed by atoms with van der Waals surface area (Å²) < 4.78 is 1.98. The molecule has 1 aliphatic heterocycles. The number of rotatable bonds is 1. The Hall–Kier alpha value is -1.77. The van der Waals surface area contributed by atoms with Crippen molar-refractivity contribution in [3.8, 4) is 0 Å². The number of aliphatic carboxylic acids is 1. The number of aromatic nitrogens is 1. The van der Waals surface area contributed by atoms with Gasteiger partial charge in [-0.2, -0.15) is 0 Å². The van der Waals surface area contributed by atoms with Crippen molar-refractivity contribution in [2.75, 3.05) is 0 Å². The van der Waals surface area contributed by atoms with Crippen LogP contribution in [0.1, 0.15) is 23.7 Å². The number of carboxylic acid groups (broad SMARTS) is 1. The zero-order valence-corrected chi connectivity index (χ0v) is 9.10. The summed E-state index contributed by atoms with van der Waals surface area (Å²) in [5.41, 5.74) is 3.42. The van der Waals surface area contributed by atoms with Gasteiger partial charge in [0, 0.05) is 16.6 Å². The average Bonchev–Trinajstić information content (AvgIpc) is 2.77. The van der Waals surface area contributed by atoms with Crippen LogP contribution >= 0.6 is 0 Å². The maximum atomic E-state index is 11.2. The second-order valence-electron chi connectivity index (χ2n) is 4.41. The molecule has 1 aromatic carbocycles. The molecule has 1 aromatic heterocycles. The van der Waals surface area contributed by atoms with Gasteiger partial charge in [0.2, 0.25) is 0 Å². The van der Waals surface area contributed by atoms with Gasteiger partial charge in [0.25, 0.3) is 0 Å². The van der Waals surface area contributed by atoms with Gasteiger partial charge >= 0.3 is 5.97 Å². The van der Waals surface area contributed by atoms with Gasteiger partial charge in [-0.05, 0) is 37.5 Å². The van der Waals surface area contributed by atoms with Crippen molar-refractivity contribution in [2.45, 2.75) is 25.8 Å². The molecule has 2 heterocycles. The predicted octanol–water partition coefficient (Wildman–Crippen LogP) is 2.52. The van der Waals surface area contributed by atoms with Gasteiger partial charge in [-0.15, -0.1) is 0 Å². The lowest BCUT2D eigenvalue weighted by Gasteiger charge is -2.10. The number of nitrogens with zero attached hydrogens (tertiary/aromatic N) is 1. The summed E-state index contributed by atoms with van der Waals surface area (Å²) in [4.78, 5) is 11.2. The zero-order chi connectivity index (χ0) is 11.3. The number of carbonyl (C=O) groups is 1. The molecule has 0 fully saturated rings. The van der Waals surface area contributed by atoms with Gasteiger partial charge in [0.15, 0.2) is 0 Å². The lowest BCUT2D eigenvalue weighted by molar-refractivity contribution is -0.140. The van der Waals surface area contributed by atoms with E-state index in [0.29, 0.717) is 6.42 Å². The van der Waals surface area contributed by atoms with E-state index < -0.39 is 5.97 Å². The van der Waals surface area contributed by atoms with Gasteiger partial charge in [-0.3, -0.25) is 0 Å². The number of fused-ring (bicyclic) bond motifs is 3. The fourth-order valence-corrected chi connectivity index (χ4v) is 2.66. The van der Waals surface area contributed by atoms with E-state index in [0.717, 1.165) is 17.6 Å². The molecule has 0 spiro atoms. The molecule has 0 radical (unpaired) electrons. The average molecular weight is 215 g/mol. The Balaban J connectivity index is 2.31. The molecule has 3 rings (SSSR count). The molecule has 1 aliphatic rings. The number of hydrogen-bond donors (Lipinski definition) is 1. The van der Waals surface area contributed by atoms with Gasteiger partial charge in [-0.25, -0.2) is 4.79 Å². The standard InChI is InChI=1S/C13H13NO2/c1-8-3-2-4-11-10(8)7-9-5-6-12(13(15)16)14(9)11/h2-4,7,12H,5-6H2,1H3,(H,15,16). The topological polar surface area (TPSA) is 42.2 Å². The van der Waals surface area contributed by atoms with Crippen LogP contribution in [0.5, 0.6) is 0 Å². The van der Waals surface area contributed by atoms with Crippen LogP contribution in [-0.2, 0) is 11.2 Å². The van der Waals surface area contributed by atoms with E-state index in [2.05, 4.69) is 19.1 Å². The highest BCUT2D eigenvalue weighted by molar-refractivity contribution is 5.87. The SMILES string of the molecule is Cc1cccc2c1cc1n2C(C(=O)O)CC1. The van der Waals surface area contributed by atoms with Crippen LogP contribution in [0.15, 0.2) is 24.3 Å². The van der Waals surface area contributed by atoms with Crippen LogP contribution in [-0.4, -0.2) is 15.6 Å². The summed E-state index contributed by atoms with van der Waals surface area (Å²) in [6.07, 6.45) is 1.58. The lowest BCUT2D eigenvalue weighted by Crippen LogP contribution is -2.14. The molecule has 82 valence electrons. The van der Waals surface area contributed by atoms with E-state index in [1.807, 2.05) is 16.7 Å². The summed E-state index contributed by atoms with van der Waals surface area (Å²) in [6.45, 7) is 2.06. The van der Waals surface area contributed by atoms with E-state index in [1.54, 1.807) is 0 Å². The highest BCUT2D eigenvalue weighted by Crippen LogP contribution is 2.34. The minimum absolute atomic E-state index is 0.380. The molecule has 0 saturated carbocycles. The van der Waals surface area contributed by atoms with E-state index in [9.17, 15) is 9.90 Å². The number of hydrogen-bond acceptors (Lipinski definition) is 1. The molecule has 0 saturated heterocycles. The third kappa shape index (κ3) is 1.11. The smallest absolute Gasteiger partial charge is 0.326 e. The van der Waals surface area contributed by atoms with Crippen LogP contribution in [0.3, 0.4) is 0 Å². The van der Waals surface area contributed by atoms with Crippen molar-refractivity contribution >= 4 is 16.9 Å². The van der Waals surface area contributed by atoms with Crippen LogP contribution in [0.2, 0.25) is 0 Å². The van der Waals surface area contributed by atoms with Crippen molar-refractivity contribution < 1.29 is 9.90 Å². The van der Waals surface area contributed by atoms with Crippen molar-refractivity contribution in [1.82, 2.24) is 4.57 Å². The number of carboxylic acids is 1. The third-order valence-corrected chi connectivity index (χ3v) is 3.45. The molecule has 0 bridgehead atoms. The van der Waals surface area contributed by atoms with E-state index in [1.165, 1.54) is 10.9 Å². The Morgan fingerprint density at radius 2 is 2.31 bits per heavy atom. The molecular formula is C13H13NO2. The normalized spacial score (nSPS) is 18.9. The first-order valence-corrected chi connectivity index (χ1v) is 5.50. The summed E-state index contributed by atoms with van der Waals surface area (Å²) in [5.74, 6) is -0.724. The molecular weight excluding hydrogens is 202 g/mol. The van der Waals surface area contributed by atoms with Crippen molar-refractivity contribution in [3.05, 3.63) is 35.5 Å². The second-order valence-corrected chi connectivity index (χ2v) is 4.41. The van der Waals surface area contributed by atoms with Gasteiger partial charge in [0.05, 0.1) is 0 Å². The minimum atomic E-state index is -0.724. The Bertz CT molecular complexity index is 583. The first kappa shape index (κ1) is 9.46. The van der Waals surface area contributed by atoms with Gasteiger partial charge in [-0.1, -0.05) is 12.1 Å². The van der Waals surface area contributed by atoms with E-state index in [-0.39, 0.29) is 6.04 Å². The van der Waals surface area contributed by atoms with Crippen molar-refractivity contribution in [3.63, 3.8) is 0 Å². The van der Waals surface area contributed by atoms with Crippen molar-refractivity contribution in [1.29, 1.82) is 0 Å². The Morgan fingerprint density at radius 1 is 1.50 bits per heavy atom. The quantitative estimate of drug-likeness (QED) is 0.794. The molecule has 1 unspecified atom stereocenters. The maximum Gasteiger partial charge on any atom is 0.326 e. The Labute approximate surface area is 93.3 Å². The predicted molar refractivity (Wildman–Crippen MR) is 61.7 cm³/mol. The number of benzene rings is 1. The second kappa shape index (κ2) is 3.11. The molecule has 2 aromatic rings. The van der Waals surface area contributed by atoms with Crippen LogP contribution in [0.4, 0.5) is 0 Å². The Kier molecular flexibility index (Phi) is 1.84. The van der Waals surface area contributed by atoms with Gasteiger partial charge in [0.1, 0.15) is 6.04 Å². The zero-order valence-electron chi connectivity index (χ0n) is 9.10. The van der Waals surface area contributed by atoms with Crippen LogP contribution < -0.4 is 0 Å². The maximum absolute atomic E-state index is 11.2. The molecule has 0 aliphatic carbocycles. The minimum Gasteiger partial charge on any atom is -0.480 e. The molecule has 1 atom stereocenters. The summed E-state index contributed by atoms with van der Waals surface area (Å²) >= 11 is 0. The summed E-state index contributed by atoms with van der Waals surface area (Å²) in [5, 5.41) is 10.4. The summed E-state index contributed by atoms with van der Waals surface area (Å²) in [6, 6.07) is 7.81. The summed E-state index contributed by atoms with van der Waals surface area (Å²) in [7, 11) is 0. The molecule has 3 heteroatoms. The highest BCUT2D eigenvalue weighted by Gasteiger charge is 2.29. The van der Waals surface area contributed by atoms with Gasteiger partial charge < -0.3 is 9.67 Å². The van der Waals surface area contributed by atoms with E-state index >= 15 is 0 Å². The van der Waals surface area contributed by atoms with E-state index in [4.69, 9.17) is 0 Å². The first-order chi connectivity index (χ1) is 7.68. The molecule has 1 N–H and O–H groups in total. The van der Waals surface area contributed by atoms with Crippen molar-refractivity contribution in [2.24, 2.45) is 0 Å². The van der Waals surface area contributed by atoms with Crippen LogP contribution in [0, 0.1) is 6.92 Å². The fourth-order valence-electron chi connectivity index (χ4n) is 2.66. The molecule has 0 amide bonds. The Morgan fingerprint density at radius 3 is 3.06 bits per heavy atom. The first-order valence-electron chi connectivity index (χ1n) is 5.50. The molecule has 3 nitrogen and oxygen atoms in total. The largest absolute Gasteiger partial charge is 0.480 e. The molecule has 16 heavy (non-hydrogen) atoms. The highest BCUT2D eigenvalue weighted by atomic mass is 16.4. The lowest BCUT2D eigenvalue weighted by atomic mass is 10.1. The monoisotopic (exact) mass is 215 g/mol.